The van der Waals surface area contributed by atoms with Gasteiger partial charge in [0.1, 0.15) is 0 Å². The largest absolute Gasteiger partial charge is 0.351 e. The molecule has 2 rings (SSSR count). The molecule has 1 unspecified atom stereocenters. The van der Waals surface area contributed by atoms with Crippen LogP contribution >= 0.6 is 34.5 Å². The summed E-state index contributed by atoms with van der Waals surface area (Å²) in [6, 6.07) is 7.38. The van der Waals surface area contributed by atoms with Gasteiger partial charge in [0.25, 0.3) is 5.91 Å². The van der Waals surface area contributed by atoms with Gasteiger partial charge in [0.15, 0.2) is 0 Å². The number of aryl methyl sites for hydroxylation is 1. The van der Waals surface area contributed by atoms with E-state index in [1.165, 1.54) is 11.3 Å². The van der Waals surface area contributed by atoms with Crippen LogP contribution in [0.25, 0.3) is 0 Å². The lowest BCUT2D eigenvalue weighted by atomic mass is 10.0. The Hall–Kier alpha value is -1.03. The Morgan fingerprint density at radius 1 is 1.35 bits per heavy atom. The fraction of sp³-hybridized carbons (Fsp3) is 0.267. The van der Waals surface area contributed by atoms with Crippen molar-refractivity contribution in [2.24, 2.45) is 0 Å². The van der Waals surface area contributed by atoms with Gasteiger partial charge in [-0.05, 0) is 47.5 Å². The molecule has 0 aliphatic rings. The van der Waals surface area contributed by atoms with Crippen molar-refractivity contribution in [1.82, 2.24) is 5.32 Å². The summed E-state index contributed by atoms with van der Waals surface area (Å²) < 4.78 is 0. The lowest BCUT2D eigenvalue weighted by Crippen LogP contribution is -2.27. The molecule has 20 heavy (non-hydrogen) atoms. The Kier molecular flexibility index (Phi) is 5.08. The average molecular weight is 328 g/mol. The predicted octanol–water partition coefficient (Wildman–Crippen LogP) is 4.90. The zero-order valence-corrected chi connectivity index (χ0v) is 13.6. The highest BCUT2D eigenvalue weighted by Crippen LogP contribution is 2.27. The zero-order chi connectivity index (χ0) is 14.7. The van der Waals surface area contributed by atoms with E-state index >= 15 is 0 Å². The van der Waals surface area contributed by atoms with Crippen LogP contribution in [-0.2, 0) is 0 Å². The molecule has 1 aromatic carbocycles. The lowest BCUT2D eigenvalue weighted by Gasteiger charge is -2.14. The maximum absolute atomic E-state index is 12.0. The van der Waals surface area contributed by atoms with Crippen LogP contribution < -0.4 is 5.32 Å². The number of thiophene rings is 1. The van der Waals surface area contributed by atoms with Crippen LogP contribution in [0.5, 0.6) is 0 Å². The molecule has 0 bridgehead atoms. The smallest absolute Gasteiger partial charge is 0.261 e. The molecule has 1 N–H and O–H groups in total. The van der Waals surface area contributed by atoms with E-state index in [9.17, 15) is 4.79 Å². The molecule has 0 spiro atoms. The summed E-state index contributed by atoms with van der Waals surface area (Å²) in [5.41, 5.74) is 1.99. The highest BCUT2D eigenvalue weighted by molar-refractivity contribution is 7.12. The fourth-order valence-electron chi connectivity index (χ4n) is 1.94. The molecule has 5 heteroatoms. The van der Waals surface area contributed by atoms with Crippen molar-refractivity contribution in [2.75, 3.05) is 6.54 Å². The Balaban J connectivity index is 2.00. The molecule has 1 atom stereocenters. The molecule has 0 saturated heterocycles. The van der Waals surface area contributed by atoms with Crippen LogP contribution in [0.4, 0.5) is 0 Å². The minimum atomic E-state index is -0.0329. The van der Waals surface area contributed by atoms with Gasteiger partial charge in [0.2, 0.25) is 0 Å². The third-order valence-corrected chi connectivity index (χ3v) is 4.71. The van der Waals surface area contributed by atoms with Gasteiger partial charge in [-0.25, -0.2) is 0 Å². The summed E-state index contributed by atoms with van der Waals surface area (Å²) in [5.74, 6) is 0.0958. The Labute approximate surface area is 132 Å². The van der Waals surface area contributed by atoms with Crippen LogP contribution in [0.1, 0.15) is 33.6 Å². The summed E-state index contributed by atoms with van der Waals surface area (Å²) in [7, 11) is 0. The maximum atomic E-state index is 12.0. The number of rotatable bonds is 4. The van der Waals surface area contributed by atoms with E-state index in [-0.39, 0.29) is 11.8 Å². The van der Waals surface area contributed by atoms with Crippen LogP contribution in [0.15, 0.2) is 29.6 Å². The van der Waals surface area contributed by atoms with Gasteiger partial charge in [-0.2, -0.15) is 0 Å². The molecule has 106 valence electrons. The van der Waals surface area contributed by atoms with E-state index in [4.69, 9.17) is 23.2 Å². The summed E-state index contributed by atoms with van der Waals surface area (Å²) >= 11 is 13.5. The van der Waals surface area contributed by atoms with Crippen molar-refractivity contribution >= 4 is 40.4 Å². The molecule has 1 aromatic heterocycles. The molecule has 2 nitrogen and oxygen atoms in total. The van der Waals surface area contributed by atoms with Crippen molar-refractivity contribution < 1.29 is 4.79 Å². The average Bonchev–Trinajstić information content (AvgIpc) is 2.82. The third kappa shape index (κ3) is 3.54. The summed E-state index contributed by atoms with van der Waals surface area (Å²) in [4.78, 5) is 12.8. The lowest BCUT2D eigenvalue weighted by molar-refractivity contribution is 0.0955. The van der Waals surface area contributed by atoms with Crippen molar-refractivity contribution in [3.05, 3.63) is 55.7 Å². The monoisotopic (exact) mass is 327 g/mol. The first-order valence-electron chi connectivity index (χ1n) is 6.26. The molecule has 0 fully saturated rings. The summed E-state index contributed by atoms with van der Waals surface area (Å²) in [6.45, 7) is 4.50. The number of benzene rings is 1. The van der Waals surface area contributed by atoms with Crippen molar-refractivity contribution in [3.63, 3.8) is 0 Å². The van der Waals surface area contributed by atoms with Gasteiger partial charge >= 0.3 is 0 Å². The SMILES string of the molecule is Cc1ccsc1C(=O)NCC(C)c1ccc(Cl)cc1Cl. The first kappa shape index (κ1) is 15.4. The first-order chi connectivity index (χ1) is 9.49. The second kappa shape index (κ2) is 6.61. The van der Waals surface area contributed by atoms with Gasteiger partial charge in [0.05, 0.1) is 4.88 Å². The molecule has 0 aliphatic heterocycles. The topological polar surface area (TPSA) is 29.1 Å². The number of amides is 1. The van der Waals surface area contributed by atoms with Crippen LogP contribution in [0, 0.1) is 6.92 Å². The normalized spacial score (nSPS) is 12.2. The molecular formula is C15H15Cl2NOS. The van der Waals surface area contributed by atoms with Gasteiger partial charge < -0.3 is 5.32 Å². The van der Waals surface area contributed by atoms with Gasteiger partial charge in [-0.1, -0.05) is 36.2 Å². The molecule has 0 radical (unpaired) electrons. The maximum Gasteiger partial charge on any atom is 0.261 e. The molecular weight excluding hydrogens is 313 g/mol. The number of hydrogen-bond acceptors (Lipinski definition) is 2. The quantitative estimate of drug-likeness (QED) is 0.850. The Morgan fingerprint density at radius 2 is 2.10 bits per heavy atom. The minimum absolute atomic E-state index is 0.0329. The van der Waals surface area contributed by atoms with Crippen LogP contribution in [-0.4, -0.2) is 12.5 Å². The highest BCUT2D eigenvalue weighted by Gasteiger charge is 2.14. The first-order valence-corrected chi connectivity index (χ1v) is 7.90. The Morgan fingerprint density at radius 3 is 2.70 bits per heavy atom. The molecule has 1 heterocycles. The summed E-state index contributed by atoms with van der Waals surface area (Å²) in [5, 5.41) is 6.11. The van der Waals surface area contributed by atoms with Gasteiger partial charge in [0, 0.05) is 16.6 Å². The standard InChI is InChI=1S/C15H15Cl2NOS/c1-9-5-6-20-14(9)15(19)18-8-10(2)12-4-3-11(16)7-13(12)17/h3-7,10H,8H2,1-2H3,(H,18,19). The van der Waals surface area contributed by atoms with E-state index < -0.39 is 0 Å². The zero-order valence-electron chi connectivity index (χ0n) is 11.2. The highest BCUT2D eigenvalue weighted by atomic mass is 35.5. The van der Waals surface area contributed by atoms with Gasteiger partial charge in [-0.3, -0.25) is 4.79 Å². The number of halogens is 2. The number of hydrogen-bond donors (Lipinski definition) is 1. The van der Waals surface area contributed by atoms with Crippen molar-refractivity contribution in [1.29, 1.82) is 0 Å². The molecule has 0 aliphatic carbocycles. The predicted molar refractivity (Wildman–Crippen MR) is 86.3 cm³/mol. The van der Waals surface area contributed by atoms with Crippen molar-refractivity contribution in [2.45, 2.75) is 19.8 Å². The Bertz CT molecular complexity index is 624. The number of carbonyl (C=O) groups excluding carboxylic acids is 1. The van der Waals surface area contributed by atoms with E-state index in [2.05, 4.69) is 5.32 Å². The third-order valence-electron chi connectivity index (χ3n) is 3.13. The second-order valence-corrected chi connectivity index (χ2v) is 6.47. The van der Waals surface area contributed by atoms with Crippen molar-refractivity contribution in [3.8, 4) is 0 Å². The van der Waals surface area contributed by atoms with Crippen LogP contribution in [0.3, 0.4) is 0 Å². The number of carbonyl (C=O) groups is 1. The van der Waals surface area contributed by atoms with E-state index in [1.807, 2.05) is 37.4 Å². The fourth-order valence-corrected chi connectivity index (χ4v) is 3.38. The molecule has 0 saturated carbocycles. The molecule has 2 aromatic rings. The van der Waals surface area contributed by atoms with Gasteiger partial charge in [-0.15, -0.1) is 11.3 Å². The van der Waals surface area contributed by atoms with E-state index in [1.54, 1.807) is 6.07 Å². The van der Waals surface area contributed by atoms with E-state index in [0.717, 1.165) is 16.0 Å². The van der Waals surface area contributed by atoms with E-state index in [0.29, 0.717) is 16.6 Å². The summed E-state index contributed by atoms with van der Waals surface area (Å²) in [6.07, 6.45) is 0. The number of nitrogens with one attached hydrogen (secondary N) is 1. The minimum Gasteiger partial charge on any atom is -0.351 e. The second-order valence-electron chi connectivity index (χ2n) is 4.71. The van der Waals surface area contributed by atoms with Crippen LogP contribution in [0.2, 0.25) is 10.0 Å². The molecule has 1 amide bonds.